The van der Waals surface area contributed by atoms with Crippen LogP contribution in [0.3, 0.4) is 0 Å². The van der Waals surface area contributed by atoms with Crippen molar-refractivity contribution in [3.8, 4) is 5.88 Å². The molecule has 106 valence electrons. The second kappa shape index (κ2) is 6.59. The number of nitrogens with one attached hydrogen (secondary N) is 1. The third kappa shape index (κ3) is 3.49. The molecule has 2 rings (SSSR count). The molecule has 1 saturated carbocycles. The molecule has 5 heteroatoms. The van der Waals surface area contributed by atoms with Gasteiger partial charge in [-0.2, -0.15) is 4.98 Å². The lowest BCUT2D eigenvalue weighted by molar-refractivity contribution is 0.327. The predicted octanol–water partition coefficient (Wildman–Crippen LogP) is 2.76. The first-order valence-electron chi connectivity index (χ1n) is 7.30. The third-order valence-corrected chi connectivity index (χ3v) is 3.50. The van der Waals surface area contributed by atoms with Crippen molar-refractivity contribution in [1.29, 1.82) is 0 Å². The summed E-state index contributed by atoms with van der Waals surface area (Å²) in [5.41, 5.74) is 6.63. The van der Waals surface area contributed by atoms with Crippen molar-refractivity contribution in [2.45, 2.75) is 58.4 Å². The number of ether oxygens (including phenoxy) is 1. The number of nitrogens with zero attached hydrogens (tertiary/aromatic N) is 2. The Hall–Kier alpha value is -1.52. The predicted molar refractivity (Wildman–Crippen MR) is 77.5 cm³/mol. The van der Waals surface area contributed by atoms with E-state index in [9.17, 15) is 0 Å². The van der Waals surface area contributed by atoms with Crippen LogP contribution in [0.2, 0.25) is 0 Å². The molecular weight excluding hydrogens is 240 g/mol. The molecule has 19 heavy (non-hydrogen) atoms. The number of anilines is 2. The van der Waals surface area contributed by atoms with Gasteiger partial charge in [0, 0.05) is 12.5 Å². The van der Waals surface area contributed by atoms with Gasteiger partial charge in [-0.3, -0.25) is 0 Å². The smallest absolute Gasteiger partial charge is 0.242 e. The van der Waals surface area contributed by atoms with Crippen LogP contribution < -0.4 is 15.8 Å². The molecule has 0 unspecified atom stereocenters. The molecule has 0 aromatic carbocycles. The number of aromatic nitrogens is 2. The Morgan fingerprint density at radius 2 is 1.95 bits per heavy atom. The quantitative estimate of drug-likeness (QED) is 0.855. The molecule has 0 atom stereocenters. The summed E-state index contributed by atoms with van der Waals surface area (Å²) in [5.74, 6) is 2.02. The molecule has 0 bridgehead atoms. The van der Waals surface area contributed by atoms with Crippen LogP contribution in [-0.2, 0) is 6.42 Å². The fourth-order valence-electron chi connectivity index (χ4n) is 2.45. The molecule has 1 aromatic heterocycles. The Kier molecular flexibility index (Phi) is 4.82. The highest BCUT2D eigenvalue weighted by Crippen LogP contribution is 2.29. The summed E-state index contributed by atoms with van der Waals surface area (Å²) >= 11 is 0. The zero-order valence-electron chi connectivity index (χ0n) is 11.9. The van der Waals surface area contributed by atoms with Crippen molar-refractivity contribution in [1.82, 2.24) is 9.97 Å². The molecule has 1 heterocycles. The topological polar surface area (TPSA) is 73.1 Å². The highest BCUT2D eigenvalue weighted by Gasteiger charge is 2.18. The first-order chi connectivity index (χ1) is 9.24. The normalized spacial score (nSPS) is 16.3. The number of nitrogen functional groups attached to an aromatic ring is 1. The minimum Gasteiger partial charge on any atom is -0.476 e. The van der Waals surface area contributed by atoms with E-state index in [1.54, 1.807) is 0 Å². The number of aryl methyl sites for hydroxylation is 1. The zero-order chi connectivity index (χ0) is 13.7. The minimum absolute atomic E-state index is 0.477. The molecular formula is C14H24N4O. The van der Waals surface area contributed by atoms with Crippen LogP contribution in [0, 0.1) is 0 Å². The standard InChI is InChI=1S/C14H24N4O/c1-3-11-17-13(12(15)14(18-11)19-4-2)16-10-8-6-5-7-9-10/h10H,3-9,15H2,1-2H3,(H,16,17,18). The average molecular weight is 264 g/mol. The fraction of sp³-hybridized carbons (Fsp3) is 0.714. The highest BCUT2D eigenvalue weighted by molar-refractivity contribution is 5.67. The van der Waals surface area contributed by atoms with Crippen molar-refractivity contribution < 1.29 is 4.74 Å². The minimum atomic E-state index is 0.477. The molecule has 1 aliphatic carbocycles. The summed E-state index contributed by atoms with van der Waals surface area (Å²) in [4.78, 5) is 8.84. The maximum Gasteiger partial charge on any atom is 0.242 e. The molecule has 0 spiro atoms. The molecule has 5 nitrogen and oxygen atoms in total. The SMILES string of the molecule is CCOc1nc(CC)nc(NC2CCCCC2)c1N. The van der Waals surface area contributed by atoms with Crippen molar-refractivity contribution in [2.24, 2.45) is 0 Å². The van der Waals surface area contributed by atoms with E-state index >= 15 is 0 Å². The molecule has 0 saturated heterocycles. The van der Waals surface area contributed by atoms with Gasteiger partial charge in [-0.1, -0.05) is 26.2 Å². The molecule has 1 aliphatic rings. The lowest BCUT2D eigenvalue weighted by Gasteiger charge is -2.24. The molecule has 1 aromatic rings. The first kappa shape index (κ1) is 13.9. The van der Waals surface area contributed by atoms with Crippen LogP contribution >= 0.6 is 0 Å². The van der Waals surface area contributed by atoms with Crippen molar-refractivity contribution >= 4 is 11.5 Å². The van der Waals surface area contributed by atoms with E-state index in [-0.39, 0.29) is 0 Å². The largest absolute Gasteiger partial charge is 0.476 e. The molecule has 1 fully saturated rings. The van der Waals surface area contributed by atoms with Crippen molar-refractivity contribution in [3.63, 3.8) is 0 Å². The van der Waals surface area contributed by atoms with E-state index in [2.05, 4.69) is 15.3 Å². The van der Waals surface area contributed by atoms with Gasteiger partial charge in [-0.05, 0) is 19.8 Å². The number of rotatable bonds is 5. The number of nitrogens with two attached hydrogens (primary N) is 1. The monoisotopic (exact) mass is 264 g/mol. The summed E-state index contributed by atoms with van der Waals surface area (Å²) in [6.07, 6.45) is 7.05. The second-order valence-corrected chi connectivity index (χ2v) is 4.97. The zero-order valence-corrected chi connectivity index (χ0v) is 11.9. The summed E-state index contributed by atoms with van der Waals surface area (Å²) in [5, 5.41) is 3.47. The van der Waals surface area contributed by atoms with E-state index in [1.165, 1.54) is 32.1 Å². The Morgan fingerprint density at radius 3 is 2.58 bits per heavy atom. The Balaban J connectivity index is 2.19. The lowest BCUT2D eigenvalue weighted by Crippen LogP contribution is -2.24. The third-order valence-electron chi connectivity index (χ3n) is 3.50. The first-order valence-corrected chi connectivity index (χ1v) is 7.30. The Bertz CT molecular complexity index is 416. The average Bonchev–Trinajstić information content (AvgIpc) is 2.44. The van der Waals surface area contributed by atoms with Crippen LogP contribution in [0.5, 0.6) is 5.88 Å². The van der Waals surface area contributed by atoms with Crippen LogP contribution in [-0.4, -0.2) is 22.6 Å². The van der Waals surface area contributed by atoms with Gasteiger partial charge in [0.15, 0.2) is 5.82 Å². The molecule has 3 N–H and O–H groups in total. The van der Waals surface area contributed by atoms with Gasteiger partial charge in [0.2, 0.25) is 5.88 Å². The van der Waals surface area contributed by atoms with Gasteiger partial charge in [0.05, 0.1) is 6.61 Å². The molecule has 0 radical (unpaired) electrons. The van der Waals surface area contributed by atoms with Crippen LogP contribution in [0.15, 0.2) is 0 Å². The maximum absolute atomic E-state index is 6.10. The van der Waals surface area contributed by atoms with Crippen LogP contribution in [0.4, 0.5) is 11.5 Å². The van der Waals surface area contributed by atoms with E-state index in [4.69, 9.17) is 10.5 Å². The summed E-state index contributed by atoms with van der Waals surface area (Å²) in [6.45, 7) is 4.53. The second-order valence-electron chi connectivity index (χ2n) is 4.97. The van der Waals surface area contributed by atoms with Gasteiger partial charge in [-0.15, -0.1) is 0 Å². The van der Waals surface area contributed by atoms with Gasteiger partial charge < -0.3 is 15.8 Å². The summed E-state index contributed by atoms with van der Waals surface area (Å²) in [6, 6.07) is 0.477. The van der Waals surface area contributed by atoms with Gasteiger partial charge in [0.1, 0.15) is 11.5 Å². The van der Waals surface area contributed by atoms with Gasteiger partial charge in [0.25, 0.3) is 0 Å². The molecule has 0 amide bonds. The number of hydrogen-bond donors (Lipinski definition) is 2. The van der Waals surface area contributed by atoms with Gasteiger partial charge >= 0.3 is 0 Å². The van der Waals surface area contributed by atoms with Crippen LogP contribution in [0.25, 0.3) is 0 Å². The van der Waals surface area contributed by atoms with E-state index < -0.39 is 0 Å². The Morgan fingerprint density at radius 1 is 1.21 bits per heavy atom. The van der Waals surface area contributed by atoms with Crippen molar-refractivity contribution in [2.75, 3.05) is 17.7 Å². The summed E-state index contributed by atoms with van der Waals surface area (Å²) in [7, 11) is 0. The molecule has 0 aliphatic heterocycles. The van der Waals surface area contributed by atoms with E-state index in [0.717, 1.165) is 18.1 Å². The van der Waals surface area contributed by atoms with Gasteiger partial charge in [-0.25, -0.2) is 4.98 Å². The highest BCUT2D eigenvalue weighted by atomic mass is 16.5. The maximum atomic E-state index is 6.10. The van der Waals surface area contributed by atoms with Crippen LogP contribution in [0.1, 0.15) is 51.8 Å². The summed E-state index contributed by atoms with van der Waals surface area (Å²) < 4.78 is 5.49. The number of hydrogen-bond acceptors (Lipinski definition) is 5. The lowest BCUT2D eigenvalue weighted by atomic mass is 9.95. The van der Waals surface area contributed by atoms with E-state index in [1.807, 2.05) is 13.8 Å². The van der Waals surface area contributed by atoms with E-state index in [0.29, 0.717) is 24.2 Å². The fourth-order valence-corrected chi connectivity index (χ4v) is 2.45. The van der Waals surface area contributed by atoms with Crippen molar-refractivity contribution in [3.05, 3.63) is 5.82 Å². The Labute approximate surface area is 115 Å².